The number of nitrogens with one attached hydrogen (secondary N) is 1. The van der Waals surface area contributed by atoms with Gasteiger partial charge in [0, 0.05) is 18.4 Å². The lowest BCUT2D eigenvalue weighted by molar-refractivity contribution is -0.140. The highest BCUT2D eigenvalue weighted by Gasteiger charge is 2.18. The molecule has 0 radical (unpaired) electrons. The molecule has 1 atom stereocenters. The number of thioether (sulfide) groups is 1. The van der Waals surface area contributed by atoms with Gasteiger partial charge in [0.05, 0.1) is 16.7 Å². The highest BCUT2D eigenvalue weighted by Crippen LogP contribution is 2.18. The number of carbonyl (C=O) groups excluding carboxylic acids is 1. The number of aryl methyl sites for hydroxylation is 1. The number of carboxylic acid groups (broad SMARTS) is 1. The topological polar surface area (TPSA) is 103 Å². The van der Waals surface area contributed by atoms with E-state index < -0.39 is 17.9 Å². The minimum absolute atomic E-state index is 0.149. The number of aliphatic carboxylic acids is 1. The van der Waals surface area contributed by atoms with Crippen molar-refractivity contribution < 1.29 is 14.7 Å². The summed E-state index contributed by atoms with van der Waals surface area (Å²) < 4.78 is 0. The third-order valence-corrected chi connectivity index (χ3v) is 3.14. The Morgan fingerprint density at radius 2 is 2.26 bits per heavy atom. The van der Waals surface area contributed by atoms with Crippen molar-refractivity contribution in [2.45, 2.75) is 24.9 Å². The van der Waals surface area contributed by atoms with Crippen molar-refractivity contribution in [2.24, 2.45) is 0 Å². The molecule has 0 aromatic carbocycles. The quantitative estimate of drug-likeness (QED) is 0.778. The van der Waals surface area contributed by atoms with Crippen LogP contribution in [0.15, 0.2) is 17.2 Å². The highest BCUT2D eigenvalue weighted by atomic mass is 32.2. The van der Waals surface area contributed by atoms with Gasteiger partial charge in [-0.3, -0.25) is 4.79 Å². The van der Waals surface area contributed by atoms with Gasteiger partial charge >= 0.3 is 5.97 Å². The molecule has 1 aromatic heterocycles. The SMILES string of the molecule is CC(=O)NC(CSc1cc(C#N)cc(C)n1)C(=O)O. The predicted molar refractivity (Wildman–Crippen MR) is 69.7 cm³/mol. The molecule has 2 N–H and O–H groups in total. The van der Waals surface area contributed by atoms with Gasteiger partial charge in [0.1, 0.15) is 6.04 Å². The summed E-state index contributed by atoms with van der Waals surface area (Å²) >= 11 is 1.18. The lowest BCUT2D eigenvalue weighted by Gasteiger charge is -2.12. The second kappa shape index (κ2) is 6.75. The summed E-state index contributed by atoms with van der Waals surface area (Å²) in [4.78, 5) is 26.0. The molecule has 0 aliphatic carbocycles. The number of amides is 1. The predicted octanol–water partition coefficient (Wildman–Crippen LogP) is 0.943. The maximum absolute atomic E-state index is 10.9. The van der Waals surface area contributed by atoms with E-state index in [-0.39, 0.29) is 5.75 Å². The van der Waals surface area contributed by atoms with Crippen molar-refractivity contribution in [1.82, 2.24) is 10.3 Å². The average molecular weight is 279 g/mol. The van der Waals surface area contributed by atoms with E-state index in [0.717, 1.165) is 0 Å². The average Bonchev–Trinajstić information content (AvgIpc) is 2.33. The van der Waals surface area contributed by atoms with E-state index >= 15 is 0 Å². The summed E-state index contributed by atoms with van der Waals surface area (Å²) in [5.41, 5.74) is 1.16. The first-order valence-corrected chi connectivity index (χ1v) is 6.42. The zero-order valence-corrected chi connectivity index (χ0v) is 11.3. The summed E-state index contributed by atoms with van der Waals surface area (Å²) in [6.45, 7) is 3.02. The number of hydrogen-bond acceptors (Lipinski definition) is 5. The maximum atomic E-state index is 10.9. The Morgan fingerprint density at radius 1 is 1.58 bits per heavy atom. The number of carboxylic acids is 1. The van der Waals surface area contributed by atoms with Crippen LogP contribution in [0.2, 0.25) is 0 Å². The Morgan fingerprint density at radius 3 is 2.79 bits per heavy atom. The van der Waals surface area contributed by atoms with Crippen molar-refractivity contribution in [3.63, 3.8) is 0 Å². The van der Waals surface area contributed by atoms with Crippen molar-refractivity contribution in [1.29, 1.82) is 5.26 Å². The molecule has 0 aliphatic rings. The van der Waals surface area contributed by atoms with Crippen LogP contribution in [0.3, 0.4) is 0 Å². The lowest BCUT2D eigenvalue weighted by atomic mass is 10.2. The summed E-state index contributed by atoms with van der Waals surface area (Å²) in [5, 5.41) is 20.7. The summed E-state index contributed by atoms with van der Waals surface area (Å²) in [6, 6.07) is 4.27. The molecule has 0 fully saturated rings. The standard InChI is InChI=1S/C12H13N3O3S/c1-7-3-9(5-13)4-11(14-7)19-6-10(12(17)18)15-8(2)16/h3-4,10H,6H2,1-2H3,(H,15,16)(H,17,18). The Balaban J connectivity index is 2.74. The largest absolute Gasteiger partial charge is 0.480 e. The number of hydrogen-bond donors (Lipinski definition) is 2. The van der Waals surface area contributed by atoms with Gasteiger partial charge in [-0.05, 0) is 19.1 Å². The van der Waals surface area contributed by atoms with E-state index in [4.69, 9.17) is 10.4 Å². The van der Waals surface area contributed by atoms with Crippen LogP contribution >= 0.6 is 11.8 Å². The van der Waals surface area contributed by atoms with Gasteiger partial charge in [0.2, 0.25) is 5.91 Å². The van der Waals surface area contributed by atoms with Crippen molar-refractivity contribution >= 4 is 23.6 Å². The third-order valence-electron chi connectivity index (χ3n) is 2.13. The fourth-order valence-electron chi connectivity index (χ4n) is 1.37. The van der Waals surface area contributed by atoms with Gasteiger partial charge < -0.3 is 10.4 Å². The molecule has 7 heteroatoms. The van der Waals surface area contributed by atoms with Gasteiger partial charge in [-0.1, -0.05) is 0 Å². The molecule has 0 saturated heterocycles. The molecule has 1 heterocycles. The lowest BCUT2D eigenvalue weighted by Crippen LogP contribution is -2.41. The first-order valence-electron chi connectivity index (χ1n) is 5.44. The normalized spacial score (nSPS) is 11.4. The molecule has 1 rings (SSSR count). The second-order valence-corrected chi connectivity index (χ2v) is 4.89. The van der Waals surface area contributed by atoms with Crippen molar-refractivity contribution in [3.05, 3.63) is 23.4 Å². The number of nitrogens with zero attached hydrogens (tertiary/aromatic N) is 2. The molecule has 0 saturated carbocycles. The van der Waals surface area contributed by atoms with E-state index in [0.29, 0.717) is 16.3 Å². The van der Waals surface area contributed by atoms with Crippen LogP contribution in [-0.4, -0.2) is 33.8 Å². The zero-order valence-electron chi connectivity index (χ0n) is 10.5. The second-order valence-electron chi connectivity index (χ2n) is 3.85. The number of pyridine rings is 1. The summed E-state index contributed by atoms with van der Waals surface area (Å²) in [5.74, 6) is -1.35. The molecule has 6 nitrogen and oxygen atoms in total. The molecule has 1 aromatic rings. The van der Waals surface area contributed by atoms with Gasteiger partial charge in [-0.2, -0.15) is 5.26 Å². The van der Waals surface area contributed by atoms with Crippen LogP contribution in [0.1, 0.15) is 18.2 Å². The molecule has 1 unspecified atom stereocenters. The third kappa shape index (κ3) is 4.97. The molecule has 19 heavy (non-hydrogen) atoms. The van der Waals surface area contributed by atoms with Gasteiger partial charge in [-0.15, -0.1) is 11.8 Å². The molecule has 1 amide bonds. The van der Waals surface area contributed by atoms with Crippen molar-refractivity contribution in [3.8, 4) is 6.07 Å². The minimum Gasteiger partial charge on any atom is -0.480 e. The van der Waals surface area contributed by atoms with E-state index in [1.807, 2.05) is 6.07 Å². The Labute approximate surface area is 114 Å². The highest BCUT2D eigenvalue weighted by molar-refractivity contribution is 7.99. The molecule has 100 valence electrons. The van der Waals surface area contributed by atoms with Gasteiger partial charge in [0.25, 0.3) is 0 Å². The van der Waals surface area contributed by atoms with E-state index in [9.17, 15) is 9.59 Å². The molecular formula is C12H13N3O3S. The smallest absolute Gasteiger partial charge is 0.327 e. The number of rotatable bonds is 5. The fourth-order valence-corrected chi connectivity index (χ4v) is 2.35. The Bertz CT molecular complexity index is 540. The Kier molecular flexibility index (Phi) is 5.33. The molecule has 0 spiro atoms. The first kappa shape index (κ1) is 15.0. The molecule has 0 bridgehead atoms. The van der Waals surface area contributed by atoms with Crippen LogP contribution in [0, 0.1) is 18.3 Å². The summed E-state index contributed by atoms with van der Waals surface area (Å²) in [6.07, 6.45) is 0. The van der Waals surface area contributed by atoms with Crippen LogP contribution in [0.5, 0.6) is 0 Å². The first-order chi connectivity index (χ1) is 8.92. The van der Waals surface area contributed by atoms with E-state index in [1.165, 1.54) is 18.7 Å². The molecule has 0 aliphatic heterocycles. The van der Waals surface area contributed by atoms with E-state index in [2.05, 4.69) is 10.3 Å². The number of nitriles is 1. The van der Waals surface area contributed by atoms with Gasteiger partial charge in [0.15, 0.2) is 0 Å². The van der Waals surface area contributed by atoms with Crippen LogP contribution in [-0.2, 0) is 9.59 Å². The van der Waals surface area contributed by atoms with Crippen LogP contribution < -0.4 is 5.32 Å². The van der Waals surface area contributed by atoms with Crippen LogP contribution in [0.4, 0.5) is 0 Å². The number of carbonyl (C=O) groups is 2. The van der Waals surface area contributed by atoms with Crippen molar-refractivity contribution in [2.75, 3.05) is 5.75 Å². The van der Waals surface area contributed by atoms with Gasteiger partial charge in [-0.25, -0.2) is 9.78 Å². The maximum Gasteiger partial charge on any atom is 0.327 e. The minimum atomic E-state index is -1.10. The van der Waals surface area contributed by atoms with Crippen LogP contribution in [0.25, 0.3) is 0 Å². The van der Waals surface area contributed by atoms with E-state index in [1.54, 1.807) is 19.1 Å². The Hall–Kier alpha value is -2.07. The fraction of sp³-hybridized carbons (Fsp3) is 0.333. The zero-order chi connectivity index (χ0) is 14.4. The monoisotopic (exact) mass is 279 g/mol. The molecular weight excluding hydrogens is 266 g/mol. The summed E-state index contributed by atoms with van der Waals surface area (Å²) in [7, 11) is 0. The number of aromatic nitrogens is 1.